The molecule has 9 nitrogen and oxygen atoms in total. The zero-order valence-corrected chi connectivity index (χ0v) is 23.1. The minimum Gasteiger partial charge on any atom is -0.481 e. The van der Waals surface area contributed by atoms with Crippen molar-refractivity contribution in [2.75, 3.05) is 18.4 Å². The van der Waals surface area contributed by atoms with E-state index in [9.17, 15) is 4.79 Å². The summed E-state index contributed by atoms with van der Waals surface area (Å²) in [7, 11) is 0. The minimum absolute atomic E-state index is 0.218. The molecule has 0 spiro atoms. The Morgan fingerprint density at radius 1 is 1.02 bits per heavy atom. The number of carbonyl (C=O) groups is 1. The van der Waals surface area contributed by atoms with Crippen LogP contribution in [0.1, 0.15) is 30.5 Å². The molecule has 0 radical (unpaired) electrons. The smallest absolute Gasteiger partial charge is 0.303 e. The van der Waals surface area contributed by atoms with Crippen molar-refractivity contribution in [3.8, 4) is 22.9 Å². The molecule has 4 heterocycles. The molecule has 0 unspecified atom stereocenters. The molecule has 1 aliphatic heterocycles. The number of aromatic nitrogens is 4. The van der Waals surface area contributed by atoms with E-state index in [-0.39, 0.29) is 12.3 Å². The van der Waals surface area contributed by atoms with Crippen molar-refractivity contribution in [1.29, 1.82) is 0 Å². The van der Waals surface area contributed by atoms with Gasteiger partial charge in [0.1, 0.15) is 0 Å². The Morgan fingerprint density at radius 3 is 2.45 bits per heavy atom. The van der Waals surface area contributed by atoms with Crippen LogP contribution in [0.25, 0.3) is 11.3 Å². The van der Waals surface area contributed by atoms with Gasteiger partial charge in [-0.2, -0.15) is 0 Å². The van der Waals surface area contributed by atoms with Crippen LogP contribution < -0.4 is 10.1 Å². The van der Waals surface area contributed by atoms with Gasteiger partial charge in [-0.3, -0.25) is 14.7 Å². The maximum atomic E-state index is 11.1. The Labute approximate surface area is 242 Å². The summed E-state index contributed by atoms with van der Waals surface area (Å²) < 4.78 is 6.08. The fourth-order valence-electron chi connectivity index (χ4n) is 4.66. The highest BCUT2D eigenvalue weighted by Gasteiger charge is 2.22. The van der Waals surface area contributed by atoms with Crippen LogP contribution in [0.3, 0.4) is 0 Å². The normalized spacial score (nSPS) is 14.2. The second-order valence-corrected chi connectivity index (χ2v) is 10.6. The van der Waals surface area contributed by atoms with E-state index in [1.54, 1.807) is 24.7 Å². The second-order valence-electron chi connectivity index (χ2n) is 9.69. The molecule has 0 atom stereocenters. The van der Waals surface area contributed by atoms with Crippen LogP contribution >= 0.6 is 23.2 Å². The van der Waals surface area contributed by atoms with Gasteiger partial charge >= 0.3 is 5.97 Å². The van der Waals surface area contributed by atoms with Gasteiger partial charge in [-0.05, 0) is 73.8 Å². The number of benzene rings is 1. The SMILES string of the molecule is O=C(O)CC1CCN(Cc2cc(Oc3cnc(NCc4ccccn4)nc3)nc(-c3cc(Cl)cc(Cl)c3)c2)CC1. The lowest BCUT2D eigenvalue weighted by Crippen LogP contribution is -2.33. The molecule has 2 N–H and O–H groups in total. The molecule has 5 rings (SSSR count). The largest absolute Gasteiger partial charge is 0.481 e. The van der Waals surface area contributed by atoms with Crippen molar-refractivity contribution >= 4 is 35.1 Å². The molecule has 1 saturated heterocycles. The number of likely N-dealkylation sites (tertiary alicyclic amines) is 1. The number of hydrogen-bond donors (Lipinski definition) is 2. The number of nitrogens with one attached hydrogen (secondary N) is 1. The molecule has 1 aromatic carbocycles. The van der Waals surface area contributed by atoms with E-state index >= 15 is 0 Å². The molecule has 0 aliphatic carbocycles. The van der Waals surface area contributed by atoms with Crippen molar-refractivity contribution in [1.82, 2.24) is 24.8 Å². The minimum atomic E-state index is -0.736. The van der Waals surface area contributed by atoms with Gasteiger partial charge < -0.3 is 15.2 Å². The van der Waals surface area contributed by atoms with E-state index in [2.05, 4.69) is 25.2 Å². The van der Waals surface area contributed by atoms with Gasteiger partial charge in [0, 0.05) is 40.8 Å². The van der Waals surface area contributed by atoms with Crippen LogP contribution in [0.4, 0.5) is 5.95 Å². The summed E-state index contributed by atoms with van der Waals surface area (Å²) >= 11 is 12.5. The van der Waals surface area contributed by atoms with E-state index in [0.29, 0.717) is 46.4 Å². The summed E-state index contributed by atoms with van der Waals surface area (Å²) in [6.45, 7) is 2.84. The first kappa shape index (κ1) is 27.8. The van der Waals surface area contributed by atoms with Crippen LogP contribution in [-0.4, -0.2) is 49.0 Å². The van der Waals surface area contributed by atoms with Gasteiger partial charge in [-0.25, -0.2) is 15.0 Å². The van der Waals surface area contributed by atoms with Crippen molar-refractivity contribution in [3.63, 3.8) is 0 Å². The van der Waals surface area contributed by atoms with Gasteiger partial charge in [0.25, 0.3) is 0 Å². The number of carboxylic acid groups (broad SMARTS) is 1. The Bertz CT molecular complexity index is 1430. The van der Waals surface area contributed by atoms with E-state index in [4.69, 9.17) is 38.0 Å². The van der Waals surface area contributed by atoms with Crippen LogP contribution in [-0.2, 0) is 17.9 Å². The fraction of sp³-hybridized carbons (Fsp3) is 0.276. The standard InChI is InChI=1S/C29H28Cl2N6O3/c30-22-12-21(13-23(31)14-22)26-9-20(18-37-7-4-19(5-8-37)11-28(38)39)10-27(36-26)40-25-16-34-29(35-17-25)33-15-24-3-1-2-6-32-24/h1-3,6,9-10,12-14,16-17,19H,4-5,7-8,11,15,18H2,(H,38,39)(H,33,34,35). The van der Waals surface area contributed by atoms with Crippen molar-refractivity contribution in [2.45, 2.75) is 32.4 Å². The first-order chi connectivity index (χ1) is 19.4. The number of ether oxygens (including phenoxy) is 1. The number of hydrogen-bond acceptors (Lipinski definition) is 8. The maximum absolute atomic E-state index is 11.1. The average Bonchev–Trinajstić information content (AvgIpc) is 2.93. The Kier molecular flexibility index (Phi) is 9.05. The van der Waals surface area contributed by atoms with Gasteiger partial charge in [-0.1, -0.05) is 29.3 Å². The highest BCUT2D eigenvalue weighted by molar-refractivity contribution is 6.35. The third kappa shape index (κ3) is 7.88. The lowest BCUT2D eigenvalue weighted by Gasteiger charge is -2.31. The summed E-state index contributed by atoms with van der Waals surface area (Å²) in [5.74, 6) is 0.774. The summed E-state index contributed by atoms with van der Waals surface area (Å²) in [4.78, 5) is 31.1. The molecule has 1 aliphatic rings. The summed E-state index contributed by atoms with van der Waals surface area (Å²) in [5.41, 5.74) is 3.33. The number of carboxylic acids is 1. The lowest BCUT2D eigenvalue weighted by atomic mass is 9.93. The molecule has 0 bridgehead atoms. The third-order valence-corrected chi connectivity index (χ3v) is 7.04. The van der Waals surface area contributed by atoms with E-state index in [0.717, 1.165) is 42.8 Å². The van der Waals surface area contributed by atoms with Gasteiger partial charge in [0.05, 0.1) is 30.3 Å². The third-order valence-electron chi connectivity index (χ3n) is 6.60. The molecule has 4 aromatic rings. The van der Waals surface area contributed by atoms with E-state index in [1.165, 1.54) is 0 Å². The molecule has 1 fully saturated rings. The first-order valence-corrected chi connectivity index (χ1v) is 13.7. The van der Waals surface area contributed by atoms with Crippen molar-refractivity contribution in [3.05, 3.63) is 88.4 Å². The van der Waals surface area contributed by atoms with Crippen LogP contribution in [0.2, 0.25) is 10.0 Å². The van der Waals surface area contributed by atoms with Crippen molar-refractivity contribution < 1.29 is 14.6 Å². The van der Waals surface area contributed by atoms with Crippen LogP contribution in [0, 0.1) is 5.92 Å². The van der Waals surface area contributed by atoms with E-state index in [1.807, 2.05) is 42.5 Å². The summed E-state index contributed by atoms with van der Waals surface area (Å²) in [6.07, 6.45) is 6.85. The lowest BCUT2D eigenvalue weighted by molar-refractivity contribution is -0.138. The van der Waals surface area contributed by atoms with Gasteiger partial charge in [-0.15, -0.1) is 0 Å². The molecule has 0 amide bonds. The quantitative estimate of drug-likeness (QED) is 0.222. The maximum Gasteiger partial charge on any atom is 0.303 e. The second kappa shape index (κ2) is 13.0. The monoisotopic (exact) mass is 578 g/mol. The number of halogens is 2. The molecule has 0 saturated carbocycles. The zero-order chi connectivity index (χ0) is 27.9. The van der Waals surface area contributed by atoms with Crippen molar-refractivity contribution in [2.24, 2.45) is 5.92 Å². The summed E-state index contributed by atoms with van der Waals surface area (Å²) in [5, 5.41) is 13.3. The number of aliphatic carboxylic acids is 1. The predicted octanol–water partition coefficient (Wildman–Crippen LogP) is 6.33. The van der Waals surface area contributed by atoms with Gasteiger partial charge in [0.2, 0.25) is 11.8 Å². The Hall–Kier alpha value is -3.79. The molecule has 40 heavy (non-hydrogen) atoms. The van der Waals surface area contributed by atoms with E-state index < -0.39 is 5.97 Å². The first-order valence-electron chi connectivity index (χ1n) is 12.9. The topological polar surface area (TPSA) is 113 Å². The number of pyridine rings is 2. The van der Waals surface area contributed by atoms with Gasteiger partial charge in [0.15, 0.2) is 5.75 Å². The number of piperidine rings is 1. The highest BCUT2D eigenvalue weighted by Crippen LogP contribution is 2.31. The Balaban J connectivity index is 1.32. The molecular formula is C29H28Cl2N6O3. The average molecular weight is 579 g/mol. The number of nitrogens with zero attached hydrogens (tertiary/aromatic N) is 5. The number of anilines is 1. The predicted molar refractivity (Wildman–Crippen MR) is 154 cm³/mol. The Morgan fingerprint density at radius 2 is 1.77 bits per heavy atom. The van der Waals surface area contributed by atoms with Crippen LogP contribution in [0.5, 0.6) is 11.6 Å². The zero-order valence-electron chi connectivity index (χ0n) is 21.6. The molecule has 3 aromatic heterocycles. The molecule has 206 valence electrons. The molecular weight excluding hydrogens is 551 g/mol. The fourth-order valence-corrected chi connectivity index (χ4v) is 5.19. The summed E-state index contributed by atoms with van der Waals surface area (Å²) in [6, 6.07) is 14.9. The highest BCUT2D eigenvalue weighted by atomic mass is 35.5. The van der Waals surface area contributed by atoms with Crippen LogP contribution in [0.15, 0.2) is 67.1 Å². The molecule has 11 heteroatoms. The number of rotatable bonds is 10.